The summed E-state index contributed by atoms with van der Waals surface area (Å²) in [4.78, 5) is 14.3. The molecule has 1 heterocycles. The molecule has 1 amide bonds. The molecule has 7 heteroatoms. The first-order valence-corrected chi connectivity index (χ1v) is 8.96. The lowest BCUT2D eigenvalue weighted by molar-refractivity contribution is -0.114. The van der Waals surface area contributed by atoms with E-state index in [9.17, 15) is 18.0 Å². The number of piperidine rings is 1. The average Bonchev–Trinajstić information content (AvgIpc) is 2.67. The molecule has 4 nitrogen and oxygen atoms in total. The van der Waals surface area contributed by atoms with Crippen LogP contribution in [0.25, 0.3) is 0 Å². The van der Waals surface area contributed by atoms with Gasteiger partial charge in [0, 0.05) is 24.5 Å². The number of anilines is 3. The number of hydrogen-bond acceptors (Lipinski definition) is 3. The van der Waals surface area contributed by atoms with Crippen LogP contribution in [0.3, 0.4) is 0 Å². The third-order valence-electron chi connectivity index (χ3n) is 4.77. The Hall–Kier alpha value is -2.70. The molecule has 0 bridgehead atoms. The van der Waals surface area contributed by atoms with Crippen molar-refractivity contribution in [3.8, 4) is 0 Å². The van der Waals surface area contributed by atoms with Gasteiger partial charge in [-0.2, -0.15) is 0 Å². The standard InChI is InChI=1S/C20H22F3N3O/c1-13-8-10-26(11-9-13)15-4-2-14(3-5-15)25-18(27)12-24-17-7-6-16(21)19(22)20(17)23/h2-7,13,24H,8-12H2,1H3,(H,25,27). The lowest BCUT2D eigenvalue weighted by Crippen LogP contribution is -2.32. The molecule has 1 fully saturated rings. The molecule has 0 unspecified atom stereocenters. The SMILES string of the molecule is CC1CCN(c2ccc(NC(=O)CNc3ccc(F)c(F)c3F)cc2)CC1. The third-order valence-corrected chi connectivity index (χ3v) is 4.77. The van der Waals surface area contributed by atoms with E-state index in [2.05, 4.69) is 22.5 Å². The van der Waals surface area contributed by atoms with Gasteiger partial charge in [0.25, 0.3) is 0 Å². The van der Waals surface area contributed by atoms with Crippen molar-refractivity contribution in [2.75, 3.05) is 35.2 Å². The van der Waals surface area contributed by atoms with Crippen LogP contribution in [0.15, 0.2) is 36.4 Å². The van der Waals surface area contributed by atoms with E-state index in [1.54, 1.807) is 0 Å². The fraction of sp³-hybridized carbons (Fsp3) is 0.350. The number of halogens is 3. The maximum atomic E-state index is 13.6. The van der Waals surface area contributed by atoms with Crippen molar-refractivity contribution in [2.24, 2.45) is 5.92 Å². The van der Waals surface area contributed by atoms with E-state index in [-0.39, 0.29) is 12.2 Å². The molecule has 3 rings (SSSR count). The number of benzene rings is 2. The molecule has 1 aliphatic rings. The molecule has 1 saturated heterocycles. The minimum atomic E-state index is -1.57. The zero-order valence-corrected chi connectivity index (χ0v) is 15.1. The van der Waals surface area contributed by atoms with Crippen LogP contribution in [0.1, 0.15) is 19.8 Å². The number of nitrogens with one attached hydrogen (secondary N) is 2. The Morgan fingerprint density at radius 2 is 1.70 bits per heavy atom. The average molecular weight is 377 g/mol. The molecule has 144 valence electrons. The number of carbonyl (C=O) groups is 1. The van der Waals surface area contributed by atoms with Gasteiger partial charge >= 0.3 is 0 Å². The van der Waals surface area contributed by atoms with Crippen molar-refractivity contribution in [1.82, 2.24) is 0 Å². The zero-order valence-electron chi connectivity index (χ0n) is 15.1. The van der Waals surface area contributed by atoms with E-state index < -0.39 is 23.4 Å². The van der Waals surface area contributed by atoms with Crippen molar-refractivity contribution in [3.63, 3.8) is 0 Å². The van der Waals surface area contributed by atoms with Crippen LogP contribution < -0.4 is 15.5 Å². The molecule has 2 aromatic rings. The summed E-state index contributed by atoms with van der Waals surface area (Å²) in [5, 5.41) is 5.15. The van der Waals surface area contributed by atoms with Gasteiger partial charge in [-0.05, 0) is 55.2 Å². The van der Waals surface area contributed by atoms with E-state index in [1.807, 2.05) is 24.3 Å². The fourth-order valence-electron chi connectivity index (χ4n) is 3.07. The predicted molar refractivity (Wildman–Crippen MR) is 100 cm³/mol. The van der Waals surface area contributed by atoms with Crippen LogP contribution in [0, 0.1) is 23.4 Å². The summed E-state index contributed by atoms with van der Waals surface area (Å²) < 4.78 is 39.7. The first-order valence-electron chi connectivity index (χ1n) is 8.96. The van der Waals surface area contributed by atoms with E-state index in [0.29, 0.717) is 5.69 Å². The maximum Gasteiger partial charge on any atom is 0.243 e. The maximum absolute atomic E-state index is 13.6. The highest BCUT2D eigenvalue weighted by atomic mass is 19.2. The largest absolute Gasteiger partial charge is 0.374 e. The molecule has 0 atom stereocenters. The lowest BCUT2D eigenvalue weighted by Gasteiger charge is -2.32. The van der Waals surface area contributed by atoms with Gasteiger partial charge < -0.3 is 15.5 Å². The monoisotopic (exact) mass is 377 g/mol. The zero-order chi connectivity index (χ0) is 19.4. The van der Waals surface area contributed by atoms with E-state index >= 15 is 0 Å². The Morgan fingerprint density at radius 1 is 1.04 bits per heavy atom. The molecule has 0 radical (unpaired) electrons. The van der Waals surface area contributed by atoms with Crippen LogP contribution in [-0.2, 0) is 4.79 Å². The van der Waals surface area contributed by atoms with Gasteiger partial charge in [-0.3, -0.25) is 4.79 Å². The van der Waals surface area contributed by atoms with Gasteiger partial charge in [-0.15, -0.1) is 0 Å². The van der Waals surface area contributed by atoms with Gasteiger partial charge in [0.15, 0.2) is 17.5 Å². The molecule has 0 spiro atoms. The minimum Gasteiger partial charge on any atom is -0.374 e. The molecule has 2 aromatic carbocycles. The second kappa shape index (κ2) is 8.33. The van der Waals surface area contributed by atoms with Gasteiger partial charge in [0.05, 0.1) is 12.2 Å². The second-order valence-electron chi connectivity index (χ2n) is 6.84. The Morgan fingerprint density at radius 3 is 2.37 bits per heavy atom. The Kier molecular flexibility index (Phi) is 5.88. The first kappa shape index (κ1) is 19.1. The molecule has 27 heavy (non-hydrogen) atoms. The number of nitrogens with zero attached hydrogens (tertiary/aromatic N) is 1. The number of hydrogen-bond donors (Lipinski definition) is 2. The van der Waals surface area contributed by atoms with E-state index in [0.717, 1.165) is 36.8 Å². The second-order valence-corrected chi connectivity index (χ2v) is 6.84. The number of amides is 1. The van der Waals surface area contributed by atoms with Crippen LogP contribution in [0.2, 0.25) is 0 Å². The summed E-state index contributed by atoms with van der Waals surface area (Å²) in [5.41, 5.74) is 1.46. The van der Waals surface area contributed by atoms with Crippen molar-refractivity contribution < 1.29 is 18.0 Å². The Bertz CT molecular complexity index is 803. The summed E-state index contributed by atoms with van der Waals surface area (Å²) in [7, 11) is 0. The van der Waals surface area contributed by atoms with E-state index in [1.165, 1.54) is 12.8 Å². The predicted octanol–water partition coefficient (Wildman–Crippen LogP) is 4.39. The highest BCUT2D eigenvalue weighted by molar-refractivity contribution is 5.93. The van der Waals surface area contributed by atoms with Crippen molar-refractivity contribution in [1.29, 1.82) is 0 Å². The fourth-order valence-corrected chi connectivity index (χ4v) is 3.07. The van der Waals surface area contributed by atoms with E-state index in [4.69, 9.17) is 0 Å². The van der Waals surface area contributed by atoms with Crippen LogP contribution in [0.5, 0.6) is 0 Å². The normalized spacial score (nSPS) is 14.9. The lowest BCUT2D eigenvalue weighted by atomic mass is 9.99. The van der Waals surface area contributed by atoms with Gasteiger partial charge in [-0.1, -0.05) is 6.92 Å². The molecule has 2 N–H and O–H groups in total. The van der Waals surface area contributed by atoms with Gasteiger partial charge in [-0.25, -0.2) is 13.2 Å². The quantitative estimate of drug-likeness (QED) is 0.760. The van der Waals surface area contributed by atoms with Crippen LogP contribution >= 0.6 is 0 Å². The molecular formula is C20H22F3N3O. The molecular weight excluding hydrogens is 355 g/mol. The third kappa shape index (κ3) is 4.72. The summed E-state index contributed by atoms with van der Waals surface area (Å²) in [6, 6.07) is 9.38. The summed E-state index contributed by atoms with van der Waals surface area (Å²) in [5.74, 6) is -3.85. The van der Waals surface area contributed by atoms with Crippen LogP contribution in [-0.4, -0.2) is 25.5 Å². The van der Waals surface area contributed by atoms with Crippen LogP contribution in [0.4, 0.5) is 30.2 Å². The molecule has 0 aromatic heterocycles. The summed E-state index contributed by atoms with van der Waals surface area (Å²) >= 11 is 0. The smallest absolute Gasteiger partial charge is 0.243 e. The molecule has 0 aliphatic carbocycles. The summed E-state index contributed by atoms with van der Waals surface area (Å²) in [6.07, 6.45) is 2.34. The number of rotatable bonds is 5. The van der Waals surface area contributed by atoms with Crippen molar-refractivity contribution in [2.45, 2.75) is 19.8 Å². The minimum absolute atomic E-state index is 0.265. The summed E-state index contributed by atoms with van der Waals surface area (Å²) in [6.45, 7) is 4.04. The Balaban J connectivity index is 1.53. The molecule has 1 aliphatic heterocycles. The first-order chi connectivity index (χ1) is 12.9. The highest BCUT2D eigenvalue weighted by Crippen LogP contribution is 2.24. The van der Waals surface area contributed by atoms with Gasteiger partial charge in [0.1, 0.15) is 0 Å². The Labute approximate surface area is 156 Å². The van der Waals surface area contributed by atoms with Crippen molar-refractivity contribution in [3.05, 3.63) is 53.8 Å². The number of carbonyl (C=O) groups excluding carboxylic acids is 1. The highest BCUT2D eigenvalue weighted by Gasteiger charge is 2.16. The topological polar surface area (TPSA) is 44.4 Å². The van der Waals surface area contributed by atoms with Gasteiger partial charge in [0.2, 0.25) is 5.91 Å². The molecule has 0 saturated carbocycles. The van der Waals surface area contributed by atoms with Crippen molar-refractivity contribution >= 4 is 23.0 Å².